The van der Waals surface area contributed by atoms with Gasteiger partial charge in [-0.1, -0.05) is 24.3 Å². The highest BCUT2D eigenvalue weighted by Crippen LogP contribution is 2.52. The van der Waals surface area contributed by atoms with Gasteiger partial charge in [0.1, 0.15) is 12.2 Å². The van der Waals surface area contributed by atoms with Crippen LogP contribution in [0.4, 0.5) is 5.69 Å². The molecule has 3 aliphatic rings. The molecule has 1 aromatic carbocycles. The van der Waals surface area contributed by atoms with Crippen molar-refractivity contribution in [2.75, 3.05) is 11.5 Å². The van der Waals surface area contributed by atoms with E-state index in [0.29, 0.717) is 5.69 Å². The lowest BCUT2D eigenvalue weighted by Gasteiger charge is -2.28. The molecule has 3 aliphatic heterocycles. The Labute approximate surface area is 132 Å². The molecule has 2 amide bonds. The van der Waals surface area contributed by atoms with E-state index in [1.807, 2.05) is 6.07 Å². The van der Waals surface area contributed by atoms with Gasteiger partial charge in [0, 0.05) is 6.92 Å². The van der Waals surface area contributed by atoms with Crippen LogP contribution in [0.5, 0.6) is 0 Å². The number of ether oxygens (including phenoxy) is 2. The van der Waals surface area contributed by atoms with Gasteiger partial charge in [-0.2, -0.15) is 0 Å². The molecule has 6 heteroatoms. The summed E-state index contributed by atoms with van der Waals surface area (Å²) in [7, 11) is 0. The maximum absolute atomic E-state index is 12.9. The highest BCUT2D eigenvalue weighted by Gasteiger charge is 2.68. The van der Waals surface area contributed by atoms with Crippen molar-refractivity contribution >= 4 is 23.5 Å². The van der Waals surface area contributed by atoms with Crippen molar-refractivity contribution in [1.82, 2.24) is 0 Å². The third-order valence-electron chi connectivity index (χ3n) is 4.67. The normalized spacial score (nSPS) is 34.1. The lowest BCUT2D eigenvalue weighted by Crippen LogP contribution is -2.44. The van der Waals surface area contributed by atoms with Crippen molar-refractivity contribution in [3.8, 4) is 0 Å². The average Bonchev–Trinajstić information content (AvgIpc) is 3.17. The molecule has 0 aliphatic carbocycles. The third-order valence-corrected chi connectivity index (χ3v) is 4.67. The van der Waals surface area contributed by atoms with Gasteiger partial charge in [0.05, 0.1) is 23.6 Å². The van der Waals surface area contributed by atoms with Gasteiger partial charge in [-0.05, 0) is 18.2 Å². The number of fused-ring (bicyclic) bond motifs is 5. The summed E-state index contributed by atoms with van der Waals surface area (Å²) >= 11 is 0. The predicted octanol–water partition coefficient (Wildman–Crippen LogP) is 1.06. The molecule has 1 aromatic rings. The molecule has 0 saturated carbocycles. The highest BCUT2D eigenvalue weighted by atomic mass is 16.6. The fourth-order valence-electron chi connectivity index (χ4n) is 3.71. The number of anilines is 1. The summed E-state index contributed by atoms with van der Waals surface area (Å²) in [6, 6.07) is 8.84. The fraction of sp³-hybridized carbons (Fsp3) is 0.353. The Hall–Kier alpha value is -2.47. The average molecular weight is 313 g/mol. The van der Waals surface area contributed by atoms with Gasteiger partial charge in [-0.25, -0.2) is 4.90 Å². The minimum absolute atomic E-state index is 0.0574. The Bertz CT molecular complexity index is 728. The van der Waals surface area contributed by atoms with Crippen LogP contribution < -0.4 is 4.90 Å². The van der Waals surface area contributed by atoms with Crippen LogP contribution in [-0.2, 0) is 23.9 Å². The SMILES string of the molecule is CC(=O)OC[C@]12C=C[C@H](O1)[C@@H]1C(=O)N(c3ccccc3)C(=O)[C@@H]12. The molecule has 23 heavy (non-hydrogen) atoms. The molecule has 0 spiro atoms. The number of benzene rings is 1. The van der Waals surface area contributed by atoms with Gasteiger partial charge >= 0.3 is 5.97 Å². The first-order valence-corrected chi connectivity index (χ1v) is 7.47. The Kier molecular flexibility index (Phi) is 2.93. The van der Waals surface area contributed by atoms with E-state index in [0.717, 1.165) is 0 Å². The van der Waals surface area contributed by atoms with Crippen molar-refractivity contribution < 1.29 is 23.9 Å². The zero-order valence-electron chi connectivity index (χ0n) is 12.5. The molecular weight excluding hydrogens is 298 g/mol. The molecule has 0 aromatic heterocycles. The second kappa shape index (κ2) is 4.76. The zero-order valence-corrected chi connectivity index (χ0v) is 12.5. The molecule has 2 bridgehead atoms. The van der Waals surface area contributed by atoms with Crippen LogP contribution >= 0.6 is 0 Å². The Morgan fingerprint density at radius 2 is 2.00 bits per heavy atom. The van der Waals surface area contributed by atoms with Gasteiger partial charge in [0.25, 0.3) is 0 Å². The molecule has 0 N–H and O–H groups in total. The molecule has 3 heterocycles. The van der Waals surface area contributed by atoms with Crippen LogP contribution in [0, 0.1) is 11.8 Å². The summed E-state index contributed by atoms with van der Waals surface area (Å²) in [6.07, 6.45) is 3.09. The molecule has 4 rings (SSSR count). The molecule has 2 saturated heterocycles. The second-order valence-electron chi connectivity index (χ2n) is 6.03. The number of rotatable bonds is 3. The molecule has 0 radical (unpaired) electrons. The van der Waals surface area contributed by atoms with E-state index >= 15 is 0 Å². The highest BCUT2D eigenvalue weighted by molar-refractivity contribution is 6.23. The quantitative estimate of drug-likeness (QED) is 0.474. The second-order valence-corrected chi connectivity index (χ2v) is 6.03. The maximum atomic E-state index is 12.9. The van der Waals surface area contributed by atoms with Gasteiger partial charge in [0.2, 0.25) is 11.8 Å². The maximum Gasteiger partial charge on any atom is 0.302 e. The third kappa shape index (κ3) is 1.88. The van der Waals surface area contributed by atoms with E-state index in [4.69, 9.17) is 9.47 Å². The van der Waals surface area contributed by atoms with Crippen molar-refractivity contribution in [1.29, 1.82) is 0 Å². The van der Waals surface area contributed by atoms with Gasteiger partial charge in [-0.15, -0.1) is 0 Å². The topological polar surface area (TPSA) is 72.9 Å². The van der Waals surface area contributed by atoms with Crippen molar-refractivity contribution in [2.45, 2.75) is 18.6 Å². The minimum atomic E-state index is -1.03. The smallest absolute Gasteiger partial charge is 0.302 e. The predicted molar refractivity (Wildman–Crippen MR) is 79.3 cm³/mol. The van der Waals surface area contributed by atoms with E-state index < -0.39 is 29.5 Å². The van der Waals surface area contributed by atoms with Crippen LogP contribution in [0.25, 0.3) is 0 Å². The number of amides is 2. The number of carbonyl (C=O) groups excluding carboxylic acids is 3. The number of esters is 1. The van der Waals surface area contributed by atoms with Gasteiger partial charge in [0.15, 0.2) is 0 Å². The number of imide groups is 1. The zero-order chi connectivity index (χ0) is 16.2. The Balaban J connectivity index is 1.70. The fourth-order valence-corrected chi connectivity index (χ4v) is 3.71. The summed E-state index contributed by atoms with van der Waals surface area (Å²) in [5.41, 5.74) is -0.476. The first-order chi connectivity index (χ1) is 11.0. The first-order valence-electron chi connectivity index (χ1n) is 7.47. The monoisotopic (exact) mass is 313 g/mol. The minimum Gasteiger partial charge on any atom is -0.462 e. The lowest BCUT2D eigenvalue weighted by atomic mass is 9.77. The van der Waals surface area contributed by atoms with Gasteiger partial charge < -0.3 is 9.47 Å². The van der Waals surface area contributed by atoms with E-state index in [1.54, 1.807) is 36.4 Å². The first kappa shape index (κ1) is 14.1. The number of nitrogens with zero attached hydrogens (tertiary/aromatic N) is 1. The summed E-state index contributed by atoms with van der Waals surface area (Å²) in [5.74, 6) is -2.21. The molecule has 4 atom stereocenters. The summed E-state index contributed by atoms with van der Waals surface area (Å²) in [5, 5.41) is 0. The lowest BCUT2D eigenvalue weighted by molar-refractivity contribution is -0.150. The molecule has 6 nitrogen and oxygen atoms in total. The molecule has 0 unspecified atom stereocenters. The number of para-hydroxylation sites is 1. The largest absolute Gasteiger partial charge is 0.462 e. The van der Waals surface area contributed by atoms with E-state index in [-0.39, 0.29) is 18.4 Å². The molecular formula is C17H15NO5. The summed E-state index contributed by atoms with van der Waals surface area (Å²) < 4.78 is 10.9. The van der Waals surface area contributed by atoms with Crippen molar-refractivity contribution in [2.24, 2.45) is 11.8 Å². The molecule has 118 valence electrons. The Morgan fingerprint density at radius 1 is 1.26 bits per heavy atom. The van der Waals surface area contributed by atoms with Crippen LogP contribution in [0.15, 0.2) is 42.5 Å². The van der Waals surface area contributed by atoms with Crippen LogP contribution in [0.1, 0.15) is 6.92 Å². The van der Waals surface area contributed by atoms with E-state index in [9.17, 15) is 14.4 Å². The number of hydrogen-bond acceptors (Lipinski definition) is 5. The summed E-state index contributed by atoms with van der Waals surface area (Å²) in [4.78, 5) is 38.0. The number of hydrogen-bond donors (Lipinski definition) is 0. The standard InChI is InChI=1S/C17H15NO5/c1-10(19)22-9-17-8-7-12(23-17)13-14(17)16(21)18(15(13)20)11-5-3-2-4-6-11/h2-8,12-14H,9H2,1H3/t12-,13-,14+,17-/m0/s1. The van der Waals surface area contributed by atoms with E-state index in [1.165, 1.54) is 11.8 Å². The van der Waals surface area contributed by atoms with E-state index in [2.05, 4.69) is 0 Å². The number of carbonyl (C=O) groups is 3. The van der Waals surface area contributed by atoms with Crippen LogP contribution in [-0.4, -0.2) is 36.1 Å². The molecule has 2 fully saturated rings. The van der Waals surface area contributed by atoms with Gasteiger partial charge in [-0.3, -0.25) is 14.4 Å². The Morgan fingerprint density at radius 3 is 2.70 bits per heavy atom. The van der Waals surface area contributed by atoms with Crippen LogP contribution in [0.2, 0.25) is 0 Å². The summed E-state index contributed by atoms with van der Waals surface area (Å²) in [6.45, 7) is 1.25. The van der Waals surface area contributed by atoms with Crippen LogP contribution in [0.3, 0.4) is 0 Å². The van der Waals surface area contributed by atoms with Crippen molar-refractivity contribution in [3.05, 3.63) is 42.5 Å². The van der Waals surface area contributed by atoms with Crippen molar-refractivity contribution in [3.63, 3.8) is 0 Å².